The Bertz CT molecular complexity index is 1250. The van der Waals surface area contributed by atoms with Crippen molar-refractivity contribution < 1.29 is 14.6 Å². The maximum atomic E-state index is 10.2. The molecule has 36 heavy (non-hydrogen) atoms. The van der Waals surface area contributed by atoms with Gasteiger partial charge in [0.15, 0.2) is 0 Å². The minimum absolute atomic E-state index is 0.0759. The van der Waals surface area contributed by atoms with E-state index in [0.29, 0.717) is 28.6 Å². The molecular weight excluding hydrogens is 452 g/mol. The largest absolute Gasteiger partial charge is 0.493 e. The van der Waals surface area contributed by atoms with Crippen LogP contribution in [0, 0.1) is 5.92 Å². The molecule has 7 heteroatoms. The molecule has 1 N–H and O–H groups in total. The van der Waals surface area contributed by atoms with E-state index in [1.54, 1.807) is 18.5 Å². The van der Waals surface area contributed by atoms with Crippen LogP contribution in [0.1, 0.15) is 40.0 Å². The number of fused-ring (bicyclic) bond motifs is 1. The summed E-state index contributed by atoms with van der Waals surface area (Å²) in [5, 5.41) is 10.8. The standard InChI is InChI=1S/C29H34N4O3/c1-5-21(20(3)4)7-8-22(6-2)33(24-14-17-35-18-15-24)23-9-11-25(12-10-23)36-29-31-27-19-30-16-13-26(27)28(34)32-29/h5,7-13,16,19-20,24H,1,6,14-15,17-18H2,2-4H3,(H,31,32,34)/b21-7+,22-8+. The maximum Gasteiger partial charge on any atom is 0.325 e. The van der Waals surface area contributed by atoms with Gasteiger partial charge in [-0.15, -0.1) is 0 Å². The zero-order valence-corrected chi connectivity index (χ0v) is 21.2. The summed E-state index contributed by atoms with van der Waals surface area (Å²) in [4.78, 5) is 14.9. The molecule has 2 aromatic heterocycles. The molecule has 1 aliphatic heterocycles. The van der Waals surface area contributed by atoms with Crippen molar-refractivity contribution in [3.05, 3.63) is 78.8 Å². The van der Waals surface area contributed by atoms with E-state index >= 15 is 0 Å². The molecule has 0 atom stereocenters. The summed E-state index contributed by atoms with van der Waals surface area (Å²) in [5.74, 6) is 0.868. The van der Waals surface area contributed by atoms with E-state index in [2.05, 4.69) is 71.5 Å². The Morgan fingerprint density at radius 3 is 2.58 bits per heavy atom. The van der Waals surface area contributed by atoms with Crippen molar-refractivity contribution in [2.24, 2.45) is 5.92 Å². The van der Waals surface area contributed by atoms with Crippen molar-refractivity contribution in [3.63, 3.8) is 0 Å². The zero-order chi connectivity index (χ0) is 25.5. The highest BCUT2D eigenvalue weighted by molar-refractivity contribution is 5.82. The average molecular weight is 487 g/mol. The third kappa shape index (κ3) is 5.91. The SMILES string of the molecule is C=C/C(=C\C=C(/CC)N(c1ccc(Oc2nc(O)c3ccncc3n2)cc1)C1CCOCC1)C(C)C. The van der Waals surface area contributed by atoms with Crippen LogP contribution in [-0.2, 0) is 4.74 Å². The first-order chi connectivity index (χ1) is 17.5. The predicted molar refractivity (Wildman–Crippen MR) is 143 cm³/mol. The van der Waals surface area contributed by atoms with Crippen LogP contribution in [0.5, 0.6) is 17.6 Å². The van der Waals surface area contributed by atoms with Crippen molar-refractivity contribution in [3.8, 4) is 17.6 Å². The molecule has 1 saturated heterocycles. The van der Waals surface area contributed by atoms with Gasteiger partial charge < -0.3 is 19.5 Å². The fraction of sp³-hybridized carbons (Fsp3) is 0.345. The Morgan fingerprint density at radius 1 is 1.17 bits per heavy atom. The highest BCUT2D eigenvalue weighted by atomic mass is 16.5. The smallest absolute Gasteiger partial charge is 0.325 e. The van der Waals surface area contributed by atoms with Gasteiger partial charge in [-0.2, -0.15) is 9.97 Å². The summed E-state index contributed by atoms with van der Waals surface area (Å²) in [7, 11) is 0. The number of hydrogen-bond acceptors (Lipinski definition) is 7. The molecule has 7 nitrogen and oxygen atoms in total. The number of aromatic nitrogens is 3. The van der Waals surface area contributed by atoms with Crippen LogP contribution in [-0.4, -0.2) is 39.3 Å². The van der Waals surface area contributed by atoms with Crippen LogP contribution in [0.2, 0.25) is 0 Å². The van der Waals surface area contributed by atoms with Crippen molar-refractivity contribution >= 4 is 16.6 Å². The number of aromatic hydroxyl groups is 1. The van der Waals surface area contributed by atoms with E-state index < -0.39 is 0 Å². The monoisotopic (exact) mass is 486 g/mol. The number of rotatable bonds is 9. The summed E-state index contributed by atoms with van der Waals surface area (Å²) in [6.07, 6.45) is 12.3. The van der Waals surface area contributed by atoms with Crippen LogP contribution in [0.15, 0.2) is 78.8 Å². The maximum absolute atomic E-state index is 10.2. The van der Waals surface area contributed by atoms with E-state index in [9.17, 15) is 5.11 Å². The molecule has 0 radical (unpaired) electrons. The Hall–Kier alpha value is -3.71. The second kappa shape index (κ2) is 11.8. The highest BCUT2D eigenvalue weighted by Crippen LogP contribution is 2.32. The van der Waals surface area contributed by atoms with Crippen LogP contribution >= 0.6 is 0 Å². The molecule has 1 fully saturated rings. The van der Waals surface area contributed by atoms with E-state index in [4.69, 9.17) is 9.47 Å². The third-order valence-corrected chi connectivity index (χ3v) is 6.38. The molecule has 0 saturated carbocycles. The first kappa shape index (κ1) is 25.4. The fourth-order valence-electron chi connectivity index (χ4n) is 4.38. The number of pyridine rings is 1. The van der Waals surface area contributed by atoms with Crippen molar-refractivity contribution in [2.45, 2.75) is 46.1 Å². The van der Waals surface area contributed by atoms with E-state index in [1.165, 1.54) is 11.3 Å². The molecule has 3 heterocycles. The lowest BCUT2D eigenvalue weighted by Gasteiger charge is -2.37. The third-order valence-electron chi connectivity index (χ3n) is 6.38. The Morgan fingerprint density at radius 2 is 1.92 bits per heavy atom. The second-order valence-corrected chi connectivity index (χ2v) is 9.07. The normalized spacial score (nSPS) is 15.3. The molecule has 1 aliphatic rings. The number of ether oxygens (including phenoxy) is 2. The minimum atomic E-state index is -0.134. The summed E-state index contributed by atoms with van der Waals surface area (Å²) < 4.78 is 11.5. The highest BCUT2D eigenvalue weighted by Gasteiger charge is 2.24. The molecule has 0 unspecified atom stereocenters. The lowest BCUT2D eigenvalue weighted by molar-refractivity contribution is 0.0856. The van der Waals surface area contributed by atoms with Gasteiger partial charge in [0, 0.05) is 36.8 Å². The van der Waals surface area contributed by atoms with Gasteiger partial charge in [0.1, 0.15) is 5.75 Å². The number of allylic oxidation sites excluding steroid dienone is 5. The molecule has 1 aromatic carbocycles. The second-order valence-electron chi connectivity index (χ2n) is 9.07. The van der Waals surface area contributed by atoms with Gasteiger partial charge in [0.25, 0.3) is 0 Å². The van der Waals surface area contributed by atoms with Crippen LogP contribution in [0.3, 0.4) is 0 Å². The Balaban J connectivity index is 1.62. The summed E-state index contributed by atoms with van der Waals surface area (Å²) in [6.45, 7) is 12.0. The van der Waals surface area contributed by atoms with Crippen LogP contribution < -0.4 is 9.64 Å². The van der Waals surface area contributed by atoms with Gasteiger partial charge in [-0.3, -0.25) is 4.98 Å². The zero-order valence-electron chi connectivity index (χ0n) is 21.2. The van der Waals surface area contributed by atoms with Gasteiger partial charge >= 0.3 is 6.01 Å². The number of hydrogen-bond donors (Lipinski definition) is 1. The Kier molecular flexibility index (Phi) is 8.33. The molecule has 3 aromatic rings. The van der Waals surface area contributed by atoms with E-state index in [1.807, 2.05) is 18.2 Å². The number of benzene rings is 1. The predicted octanol–water partition coefficient (Wildman–Crippen LogP) is 6.57. The average Bonchev–Trinajstić information content (AvgIpc) is 2.89. The van der Waals surface area contributed by atoms with Gasteiger partial charge in [-0.05, 0) is 67.2 Å². The van der Waals surface area contributed by atoms with Gasteiger partial charge in [-0.25, -0.2) is 0 Å². The van der Waals surface area contributed by atoms with Gasteiger partial charge in [0.2, 0.25) is 5.88 Å². The molecular formula is C29H34N4O3. The summed E-state index contributed by atoms with van der Waals surface area (Å²) in [6, 6.07) is 10.0. The minimum Gasteiger partial charge on any atom is -0.493 e. The van der Waals surface area contributed by atoms with Crippen molar-refractivity contribution in [1.29, 1.82) is 0 Å². The topological polar surface area (TPSA) is 80.6 Å². The van der Waals surface area contributed by atoms with Gasteiger partial charge in [0.05, 0.1) is 17.1 Å². The molecule has 0 spiro atoms. The van der Waals surface area contributed by atoms with E-state index in [0.717, 1.165) is 38.2 Å². The lowest BCUT2D eigenvalue weighted by atomic mass is 10.0. The summed E-state index contributed by atoms with van der Waals surface area (Å²) >= 11 is 0. The first-order valence-electron chi connectivity index (χ1n) is 12.5. The van der Waals surface area contributed by atoms with Crippen LogP contribution in [0.4, 0.5) is 5.69 Å². The van der Waals surface area contributed by atoms with Gasteiger partial charge in [-0.1, -0.05) is 39.5 Å². The molecule has 0 amide bonds. The lowest BCUT2D eigenvalue weighted by Crippen LogP contribution is -2.39. The molecule has 0 bridgehead atoms. The number of anilines is 1. The number of nitrogens with zero attached hydrogens (tertiary/aromatic N) is 4. The summed E-state index contributed by atoms with van der Waals surface area (Å²) in [5.41, 5.74) is 4.07. The van der Waals surface area contributed by atoms with E-state index in [-0.39, 0.29) is 11.9 Å². The quantitative estimate of drug-likeness (QED) is 0.343. The molecule has 0 aliphatic carbocycles. The van der Waals surface area contributed by atoms with Crippen molar-refractivity contribution in [1.82, 2.24) is 15.0 Å². The first-order valence-corrected chi connectivity index (χ1v) is 12.5. The van der Waals surface area contributed by atoms with Crippen LogP contribution in [0.25, 0.3) is 10.9 Å². The molecule has 4 rings (SSSR count). The molecule has 188 valence electrons. The Labute approximate surface area is 212 Å². The fourth-order valence-corrected chi connectivity index (χ4v) is 4.38. The van der Waals surface area contributed by atoms with Crippen molar-refractivity contribution in [2.75, 3.05) is 18.1 Å².